The number of anilines is 1. The van der Waals surface area contributed by atoms with Crippen LogP contribution in [0.15, 0.2) is 60.8 Å². The first-order chi connectivity index (χ1) is 19.0. The maximum absolute atomic E-state index is 13.8. The van der Waals surface area contributed by atoms with Gasteiger partial charge in [0.1, 0.15) is 11.4 Å². The van der Waals surface area contributed by atoms with Crippen LogP contribution in [0.5, 0.6) is 0 Å². The second-order valence-electron chi connectivity index (χ2n) is 10.4. The van der Waals surface area contributed by atoms with Gasteiger partial charge in [0, 0.05) is 57.6 Å². The number of carbonyl (C=O) groups is 2. The van der Waals surface area contributed by atoms with Gasteiger partial charge in [0.2, 0.25) is 0 Å². The van der Waals surface area contributed by atoms with Gasteiger partial charge >= 0.3 is 5.97 Å². The molecule has 8 heteroatoms. The van der Waals surface area contributed by atoms with Crippen LogP contribution in [0.3, 0.4) is 0 Å². The number of hydrogen-bond acceptors (Lipinski definition) is 7. The van der Waals surface area contributed by atoms with Gasteiger partial charge in [-0.3, -0.25) is 14.5 Å². The molecular weight excluding hydrogens is 490 g/mol. The number of aromatic nitrogens is 2. The van der Waals surface area contributed by atoms with Crippen molar-refractivity contribution in [2.75, 3.05) is 50.8 Å². The van der Waals surface area contributed by atoms with Crippen LogP contribution in [-0.4, -0.2) is 77.5 Å². The summed E-state index contributed by atoms with van der Waals surface area (Å²) in [5, 5.41) is 0. The maximum Gasteiger partial charge on any atom is 0.310 e. The van der Waals surface area contributed by atoms with E-state index in [2.05, 4.69) is 46.0 Å². The first-order valence-corrected chi connectivity index (χ1v) is 13.9. The number of rotatable bonds is 7. The number of ether oxygens (including phenoxy) is 1. The second-order valence-corrected chi connectivity index (χ2v) is 10.4. The molecule has 0 N–H and O–H groups in total. The van der Waals surface area contributed by atoms with Crippen molar-refractivity contribution in [2.24, 2.45) is 5.92 Å². The van der Waals surface area contributed by atoms with Gasteiger partial charge in [0.25, 0.3) is 5.91 Å². The number of nitrogens with zero attached hydrogens (tertiary/aromatic N) is 5. The predicted octanol–water partition coefficient (Wildman–Crippen LogP) is 4.19. The third-order valence-electron chi connectivity index (χ3n) is 7.56. The van der Waals surface area contributed by atoms with Gasteiger partial charge in [-0.05, 0) is 32.3 Å². The number of piperazine rings is 1. The van der Waals surface area contributed by atoms with Gasteiger partial charge in [0.05, 0.1) is 12.5 Å². The van der Waals surface area contributed by atoms with E-state index in [1.54, 1.807) is 11.1 Å². The lowest BCUT2D eigenvalue weighted by atomic mass is 9.97. The zero-order valence-electron chi connectivity index (χ0n) is 22.9. The average molecular weight is 528 g/mol. The van der Waals surface area contributed by atoms with Gasteiger partial charge in [-0.1, -0.05) is 60.2 Å². The Morgan fingerprint density at radius 1 is 0.974 bits per heavy atom. The van der Waals surface area contributed by atoms with E-state index in [4.69, 9.17) is 9.72 Å². The SMILES string of the molecule is CCOC(=O)[C@@H]1CCCN(C(=O)c2cnc(-c3ccc(C)cc3)nc2N2CCN(Cc3ccccc3)CC2)C1. The molecule has 0 unspecified atom stereocenters. The molecule has 8 nitrogen and oxygen atoms in total. The lowest BCUT2D eigenvalue weighted by Gasteiger charge is -2.37. The van der Waals surface area contributed by atoms with E-state index in [1.807, 2.05) is 37.3 Å². The summed E-state index contributed by atoms with van der Waals surface area (Å²) in [5.74, 6) is 0.636. The number of aryl methyl sites for hydroxylation is 1. The highest BCUT2D eigenvalue weighted by Crippen LogP contribution is 2.27. The number of carbonyl (C=O) groups excluding carboxylic acids is 2. The van der Waals surface area contributed by atoms with Crippen molar-refractivity contribution in [3.05, 3.63) is 77.5 Å². The molecule has 0 aliphatic carbocycles. The van der Waals surface area contributed by atoms with Gasteiger partial charge in [0.15, 0.2) is 5.82 Å². The minimum Gasteiger partial charge on any atom is -0.466 e. The summed E-state index contributed by atoms with van der Waals surface area (Å²) < 4.78 is 5.25. The Hall–Kier alpha value is -3.78. The summed E-state index contributed by atoms with van der Waals surface area (Å²) in [6, 6.07) is 18.6. The van der Waals surface area contributed by atoms with Crippen molar-refractivity contribution in [2.45, 2.75) is 33.2 Å². The molecule has 0 spiro atoms. The Morgan fingerprint density at radius 3 is 2.44 bits per heavy atom. The van der Waals surface area contributed by atoms with Crippen molar-refractivity contribution >= 4 is 17.7 Å². The highest BCUT2D eigenvalue weighted by molar-refractivity contribution is 5.99. The van der Waals surface area contributed by atoms with Gasteiger partial charge < -0.3 is 14.5 Å². The second kappa shape index (κ2) is 12.4. The Bertz CT molecular complexity index is 1270. The largest absolute Gasteiger partial charge is 0.466 e. The Kier molecular flexibility index (Phi) is 8.51. The molecule has 2 aromatic carbocycles. The Labute approximate surface area is 230 Å². The van der Waals surface area contributed by atoms with Crippen LogP contribution in [0.2, 0.25) is 0 Å². The third-order valence-corrected chi connectivity index (χ3v) is 7.56. The highest BCUT2D eigenvalue weighted by atomic mass is 16.5. The summed E-state index contributed by atoms with van der Waals surface area (Å²) in [6.07, 6.45) is 3.18. The molecule has 39 heavy (non-hydrogen) atoms. The van der Waals surface area contributed by atoms with Crippen molar-refractivity contribution < 1.29 is 14.3 Å². The molecule has 0 saturated carbocycles. The van der Waals surface area contributed by atoms with Crippen molar-refractivity contribution in [3.63, 3.8) is 0 Å². The van der Waals surface area contributed by atoms with Crippen LogP contribution in [0, 0.1) is 12.8 Å². The van der Waals surface area contributed by atoms with E-state index < -0.39 is 0 Å². The molecule has 204 valence electrons. The smallest absolute Gasteiger partial charge is 0.310 e. The molecule has 1 aromatic heterocycles. The summed E-state index contributed by atoms with van der Waals surface area (Å²) in [5.41, 5.74) is 3.88. The molecule has 3 heterocycles. The van der Waals surface area contributed by atoms with Crippen LogP contribution in [0.1, 0.15) is 41.3 Å². The fraction of sp³-hybridized carbons (Fsp3) is 0.419. The number of hydrogen-bond donors (Lipinski definition) is 0. The first-order valence-electron chi connectivity index (χ1n) is 13.9. The highest BCUT2D eigenvalue weighted by Gasteiger charge is 2.32. The maximum atomic E-state index is 13.8. The molecule has 2 aliphatic heterocycles. The lowest BCUT2D eigenvalue weighted by Crippen LogP contribution is -2.47. The van der Waals surface area contributed by atoms with E-state index in [0.717, 1.165) is 51.1 Å². The quantitative estimate of drug-likeness (QED) is 0.427. The zero-order valence-corrected chi connectivity index (χ0v) is 22.9. The normalized spacial score (nSPS) is 18.2. The Morgan fingerprint density at radius 2 is 1.72 bits per heavy atom. The predicted molar refractivity (Wildman–Crippen MR) is 151 cm³/mol. The van der Waals surface area contributed by atoms with Gasteiger partial charge in [-0.2, -0.15) is 0 Å². The minimum absolute atomic E-state index is 0.124. The lowest BCUT2D eigenvalue weighted by molar-refractivity contribution is -0.149. The van der Waals surface area contributed by atoms with E-state index in [9.17, 15) is 9.59 Å². The number of benzene rings is 2. The molecule has 5 rings (SSSR count). The van der Waals surface area contributed by atoms with E-state index in [-0.39, 0.29) is 17.8 Å². The van der Waals surface area contributed by atoms with Crippen LogP contribution >= 0.6 is 0 Å². The van der Waals surface area contributed by atoms with Crippen molar-refractivity contribution in [1.82, 2.24) is 19.8 Å². The first kappa shape index (κ1) is 26.8. The summed E-state index contributed by atoms with van der Waals surface area (Å²) >= 11 is 0. The average Bonchev–Trinajstić information content (AvgIpc) is 2.98. The fourth-order valence-electron chi connectivity index (χ4n) is 5.35. The van der Waals surface area contributed by atoms with Crippen LogP contribution in [0.4, 0.5) is 5.82 Å². The number of amides is 1. The van der Waals surface area contributed by atoms with Gasteiger partial charge in [-0.25, -0.2) is 9.97 Å². The van der Waals surface area contributed by atoms with E-state index in [0.29, 0.717) is 36.9 Å². The van der Waals surface area contributed by atoms with Crippen molar-refractivity contribution in [1.29, 1.82) is 0 Å². The topological polar surface area (TPSA) is 78.9 Å². The number of esters is 1. The monoisotopic (exact) mass is 527 g/mol. The minimum atomic E-state index is -0.291. The molecule has 0 bridgehead atoms. The Balaban J connectivity index is 1.38. The molecule has 2 aliphatic rings. The molecule has 2 fully saturated rings. The van der Waals surface area contributed by atoms with Gasteiger partial charge in [-0.15, -0.1) is 0 Å². The van der Waals surface area contributed by atoms with Crippen LogP contribution in [0.25, 0.3) is 11.4 Å². The summed E-state index contributed by atoms with van der Waals surface area (Å²) in [6.45, 7) is 9.37. The standard InChI is InChI=1S/C31H37N5O3/c1-3-39-31(38)26-10-7-15-36(22-26)30(37)27-20-32-28(25-13-11-23(2)12-14-25)33-29(27)35-18-16-34(17-19-35)21-24-8-5-4-6-9-24/h4-6,8-9,11-14,20,26H,3,7,10,15-19,21-22H2,1-2H3/t26-/m1/s1. The summed E-state index contributed by atoms with van der Waals surface area (Å²) in [4.78, 5) is 42.2. The van der Waals surface area contributed by atoms with E-state index >= 15 is 0 Å². The molecule has 2 saturated heterocycles. The van der Waals surface area contributed by atoms with E-state index in [1.165, 1.54) is 11.1 Å². The molecule has 1 amide bonds. The number of piperidine rings is 1. The molecule has 3 aromatic rings. The third kappa shape index (κ3) is 6.45. The van der Waals surface area contributed by atoms with Crippen LogP contribution in [-0.2, 0) is 16.1 Å². The van der Waals surface area contributed by atoms with Crippen LogP contribution < -0.4 is 4.90 Å². The zero-order chi connectivity index (χ0) is 27.2. The fourth-order valence-corrected chi connectivity index (χ4v) is 5.35. The molecular formula is C31H37N5O3. The summed E-state index contributed by atoms with van der Waals surface area (Å²) in [7, 11) is 0. The molecule has 0 radical (unpaired) electrons. The molecule has 1 atom stereocenters. The van der Waals surface area contributed by atoms with Crippen molar-refractivity contribution in [3.8, 4) is 11.4 Å². The number of likely N-dealkylation sites (tertiary alicyclic amines) is 1.